The standard InChI is InChI=1S/C10H10NO2.Y/c12-7-11-9-5-6-13-10-4-2-1-3-8(9)10;/h1-4,9H,5-6H2,(H,11,12);/q-1;. The number of benzene rings is 1. The summed E-state index contributed by atoms with van der Waals surface area (Å²) in [5, 5.41) is 2.66. The van der Waals surface area contributed by atoms with Crippen molar-refractivity contribution in [3.8, 4) is 5.75 Å². The van der Waals surface area contributed by atoms with Gasteiger partial charge in [-0.1, -0.05) is 18.2 Å². The first-order valence-corrected chi connectivity index (χ1v) is 4.26. The smallest absolute Gasteiger partial charge is 0.124 e. The number of hydrogen-bond donors (Lipinski definition) is 1. The third-order valence-corrected chi connectivity index (χ3v) is 2.19. The van der Waals surface area contributed by atoms with Gasteiger partial charge in [0.05, 0.1) is 6.61 Å². The predicted octanol–water partition coefficient (Wildman–Crippen LogP) is 1.16. The van der Waals surface area contributed by atoms with E-state index in [0.29, 0.717) is 6.61 Å². The molecule has 2 rings (SSSR count). The Morgan fingerprint density at radius 1 is 1.43 bits per heavy atom. The van der Waals surface area contributed by atoms with Gasteiger partial charge >= 0.3 is 0 Å². The first-order valence-electron chi connectivity index (χ1n) is 4.26. The fourth-order valence-corrected chi connectivity index (χ4v) is 1.56. The zero-order chi connectivity index (χ0) is 9.10. The first kappa shape index (κ1) is 11.7. The van der Waals surface area contributed by atoms with Gasteiger partial charge in [-0.3, -0.25) is 0 Å². The summed E-state index contributed by atoms with van der Waals surface area (Å²) in [5.74, 6) is 0.863. The zero-order valence-corrected chi connectivity index (χ0v) is 10.5. The minimum Gasteiger partial charge on any atom is -0.524 e. The normalized spacial score (nSPS) is 18.4. The van der Waals surface area contributed by atoms with Crippen LogP contribution >= 0.6 is 0 Å². The largest absolute Gasteiger partial charge is 0.524 e. The summed E-state index contributed by atoms with van der Waals surface area (Å²) in [6.07, 6.45) is 2.53. The third-order valence-electron chi connectivity index (χ3n) is 2.19. The molecule has 1 N–H and O–H groups in total. The molecule has 1 aromatic rings. The van der Waals surface area contributed by atoms with E-state index in [2.05, 4.69) is 5.32 Å². The molecule has 4 heteroatoms. The van der Waals surface area contributed by atoms with Gasteiger partial charge in [0.25, 0.3) is 0 Å². The average Bonchev–Trinajstić information content (AvgIpc) is 2.19. The van der Waals surface area contributed by atoms with Crippen molar-refractivity contribution in [1.29, 1.82) is 0 Å². The van der Waals surface area contributed by atoms with Crippen molar-refractivity contribution in [2.75, 3.05) is 6.61 Å². The van der Waals surface area contributed by atoms with Crippen molar-refractivity contribution in [2.45, 2.75) is 12.5 Å². The number of para-hydroxylation sites is 1. The predicted molar refractivity (Wildman–Crippen MR) is 48.1 cm³/mol. The van der Waals surface area contributed by atoms with Gasteiger partial charge in [0.1, 0.15) is 5.75 Å². The molecule has 71 valence electrons. The van der Waals surface area contributed by atoms with E-state index in [1.165, 1.54) is 0 Å². The Labute approximate surface area is 108 Å². The maximum absolute atomic E-state index is 10.2. The van der Waals surface area contributed by atoms with E-state index < -0.39 is 0 Å². The van der Waals surface area contributed by atoms with E-state index in [1.54, 1.807) is 6.41 Å². The van der Waals surface area contributed by atoms with Crippen LogP contribution in [0.4, 0.5) is 0 Å². The molecular weight excluding hydrogens is 255 g/mol. The van der Waals surface area contributed by atoms with Gasteiger partial charge in [0.15, 0.2) is 0 Å². The van der Waals surface area contributed by atoms with Crippen molar-refractivity contribution in [3.63, 3.8) is 0 Å². The van der Waals surface area contributed by atoms with Crippen LogP contribution in [0, 0.1) is 0 Å². The average molecular weight is 265 g/mol. The van der Waals surface area contributed by atoms with Crippen LogP contribution in [0.1, 0.15) is 18.0 Å². The molecule has 1 atom stereocenters. The molecule has 1 aliphatic heterocycles. The van der Waals surface area contributed by atoms with E-state index in [0.717, 1.165) is 17.7 Å². The SMILES string of the molecule is O=[C-]NC1CCOc2ccccc21.[Y]. The monoisotopic (exact) mass is 265 g/mol. The molecule has 1 amide bonds. The van der Waals surface area contributed by atoms with E-state index in [-0.39, 0.29) is 38.8 Å². The van der Waals surface area contributed by atoms with Gasteiger partial charge in [-0.2, -0.15) is 6.41 Å². The zero-order valence-electron chi connectivity index (χ0n) is 7.69. The van der Waals surface area contributed by atoms with E-state index in [9.17, 15) is 4.79 Å². The minimum atomic E-state index is 0. The van der Waals surface area contributed by atoms with E-state index >= 15 is 0 Å². The van der Waals surface area contributed by atoms with Crippen LogP contribution in [0.15, 0.2) is 24.3 Å². The van der Waals surface area contributed by atoms with Gasteiger partial charge in [0.2, 0.25) is 0 Å². The molecule has 0 spiro atoms. The van der Waals surface area contributed by atoms with Gasteiger partial charge in [0, 0.05) is 50.7 Å². The molecule has 0 saturated carbocycles. The van der Waals surface area contributed by atoms with Gasteiger partial charge in [-0.25, -0.2) is 0 Å². The number of rotatable bonds is 2. The molecule has 0 saturated heterocycles. The fourth-order valence-electron chi connectivity index (χ4n) is 1.56. The van der Waals surface area contributed by atoms with Gasteiger partial charge < -0.3 is 14.8 Å². The third kappa shape index (κ3) is 2.34. The molecule has 1 aromatic carbocycles. The van der Waals surface area contributed by atoms with Crippen LogP contribution in [0.2, 0.25) is 0 Å². The summed E-state index contributed by atoms with van der Waals surface area (Å²) in [5.41, 5.74) is 1.04. The Morgan fingerprint density at radius 3 is 3.00 bits per heavy atom. The summed E-state index contributed by atoms with van der Waals surface area (Å²) >= 11 is 0. The maximum atomic E-state index is 10.2. The molecule has 1 aliphatic rings. The van der Waals surface area contributed by atoms with Crippen molar-refractivity contribution >= 4 is 6.41 Å². The number of hydrogen-bond acceptors (Lipinski definition) is 2. The Balaban J connectivity index is 0.000000980. The molecule has 1 radical (unpaired) electrons. The summed E-state index contributed by atoms with van der Waals surface area (Å²) < 4.78 is 5.43. The van der Waals surface area contributed by atoms with E-state index in [4.69, 9.17) is 4.74 Å². The summed E-state index contributed by atoms with van der Waals surface area (Å²) in [7, 11) is 0. The Morgan fingerprint density at radius 2 is 2.21 bits per heavy atom. The summed E-state index contributed by atoms with van der Waals surface area (Å²) in [6.45, 7) is 0.649. The quantitative estimate of drug-likeness (QED) is 0.643. The second-order valence-electron chi connectivity index (χ2n) is 2.97. The maximum Gasteiger partial charge on any atom is 0.124 e. The molecular formula is C10H10NO2Y-. The number of ether oxygens (including phenoxy) is 1. The second kappa shape index (κ2) is 5.47. The molecule has 0 aliphatic carbocycles. The Kier molecular flexibility index (Phi) is 4.56. The van der Waals surface area contributed by atoms with Crippen molar-refractivity contribution in [2.24, 2.45) is 0 Å². The number of carbonyl (C=O) groups excluding carboxylic acids is 1. The topological polar surface area (TPSA) is 38.3 Å². The van der Waals surface area contributed by atoms with Crippen LogP contribution in [0.25, 0.3) is 0 Å². The van der Waals surface area contributed by atoms with Crippen LogP contribution in [0.5, 0.6) is 5.75 Å². The van der Waals surface area contributed by atoms with Crippen molar-refractivity contribution < 1.29 is 42.2 Å². The van der Waals surface area contributed by atoms with E-state index in [1.807, 2.05) is 24.3 Å². The molecule has 3 nitrogen and oxygen atoms in total. The number of fused-ring (bicyclic) bond motifs is 1. The van der Waals surface area contributed by atoms with Crippen molar-refractivity contribution in [1.82, 2.24) is 5.32 Å². The van der Waals surface area contributed by atoms with Gasteiger partial charge in [-0.05, 0) is 6.07 Å². The number of amides is 1. The minimum absolute atomic E-state index is 0. The Hall–Kier alpha value is -0.406. The van der Waals surface area contributed by atoms with Crippen LogP contribution in [0.3, 0.4) is 0 Å². The first-order chi connectivity index (χ1) is 6.42. The summed E-state index contributed by atoms with van der Waals surface area (Å²) in [4.78, 5) is 10.2. The summed E-state index contributed by atoms with van der Waals surface area (Å²) in [6, 6.07) is 7.79. The molecule has 0 aromatic heterocycles. The number of nitrogens with one attached hydrogen (secondary N) is 1. The van der Waals surface area contributed by atoms with Gasteiger partial charge in [-0.15, -0.1) is 0 Å². The fraction of sp³-hybridized carbons (Fsp3) is 0.300. The molecule has 0 bridgehead atoms. The van der Waals surface area contributed by atoms with Crippen molar-refractivity contribution in [3.05, 3.63) is 29.8 Å². The molecule has 1 unspecified atom stereocenters. The van der Waals surface area contributed by atoms with Crippen LogP contribution < -0.4 is 10.1 Å². The Bertz CT molecular complexity index is 317. The van der Waals surface area contributed by atoms with Crippen LogP contribution in [-0.4, -0.2) is 13.0 Å². The molecule has 0 fully saturated rings. The second-order valence-corrected chi connectivity index (χ2v) is 2.97. The molecule has 14 heavy (non-hydrogen) atoms. The molecule has 1 heterocycles. The van der Waals surface area contributed by atoms with Crippen LogP contribution in [-0.2, 0) is 37.5 Å².